The number of hydrogen-bond acceptors (Lipinski definition) is 6. The van der Waals surface area contributed by atoms with Crippen LogP contribution in [0, 0.1) is 17.0 Å². The highest BCUT2D eigenvalue weighted by atomic mass is 35.5. The molecule has 0 spiro atoms. The van der Waals surface area contributed by atoms with Gasteiger partial charge in [-0.25, -0.2) is 8.42 Å². The molecule has 35 heavy (non-hydrogen) atoms. The van der Waals surface area contributed by atoms with Crippen LogP contribution in [0.3, 0.4) is 0 Å². The minimum atomic E-state index is -4.16. The number of carbonyl (C=O) groups excluding carboxylic acids is 1. The third kappa shape index (κ3) is 6.78. The number of nitrogens with zero attached hydrogens (tertiary/aromatic N) is 1. The highest BCUT2D eigenvalue weighted by molar-refractivity contribution is 7.89. The fourth-order valence-corrected chi connectivity index (χ4v) is 4.81. The molecule has 0 aliphatic carbocycles. The minimum absolute atomic E-state index is 0.0463. The number of hydrogen-bond donors (Lipinski definition) is 2. The minimum Gasteiger partial charge on any atom is -0.492 e. The van der Waals surface area contributed by atoms with E-state index in [0.29, 0.717) is 17.9 Å². The Morgan fingerprint density at radius 3 is 2.46 bits per heavy atom. The average Bonchev–Trinajstić information content (AvgIpc) is 2.81. The van der Waals surface area contributed by atoms with Crippen LogP contribution in [0.1, 0.15) is 18.1 Å². The molecule has 184 valence electrons. The fourth-order valence-electron chi connectivity index (χ4n) is 3.29. The van der Waals surface area contributed by atoms with Crippen LogP contribution in [0.15, 0.2) is 71.6 Å². The van der Waals surface area contributed by atoms with Crippen molar-refractivity contribution in [1.29, 1.82) is 0 Å². The van der Waals surface area contributed by atoms with Gasteiger partial charge in [0.05, 0.1) is 27.1 Å². The normalized spacial score (nSPS) is 12.1. The Kier molecular flexibility index (Phi) is 8.44. The Labute approximate surface area is 208 Å². The summed E-state index contributed by atoms with van der Waals surface area (Å²) in [6.07, 6.45) is 0.0463. The van der Waals surface area contributed by atoms with Gasteiger partial charge in [0, 0.05) is 12.1 Å². The number of nitro groups is 1. The first-order valence-corrected chi connectivity index (χ1v) is 12.5. The lowest BCUT2D eigenvalue weighted by molar-refractivity contribution is -0.384. The summed E-state index contributed by atoms with van der Waals surface area (Å²) in [5, 5.41) is 13.9. The SMILES string of the molecule is CCOc1ccc(S(=O)(=O)NC(Cc2ccccc2)C(=O)Nc2cc([N+](=O)[O-])ccc2C)cc1Cl. The van der Waals surface area contributed by atoms with Crippen LogP contribution in [0.5, 0.6) is 5.75 Å². The number of carbonyl (C=O) groups is 1. The lowest BCUT2D eigenvalue weighted by atomic mass is 10.1. The van der Waals surface area contributed by atoms with Crippen LogP contribution in [-0.4, -0.2) is 31.9 Å². The number of non-ortho nitro benzene ring substituents is 1. The second-order valence-electron chi connectivity index (χ2n) is 7.63. The van der Waals surface area contributed by atoms with Crippen LogP contribution in [0.4, 0.5) is 11.4 Å². The molecule has 3 aromatic carbocycles. The molecule has 9 nitrogen and oxygen atoms in total. The van der Waals surface area contributed by atoms with Gasteiger partial charge in [-0.3, -0.25) is 14.9 Å². The van der Waals surface area contributed by atoms with Crippen molar-refractivity contribution in [2.45, 2.75) is 31.2 Å². The highest BCUT2D eigenvalue weighted by Gasteiger charge is 2.27. The maximum Gasteiger partial charge on any atom is 0.271 e. The number of nitrogens with one attached hydrogen (secondary N) is 2. The van der Waals surface area contributed by atoms with Gasteiger partial charge in [-0.1, -0.05) is 48.0 Å². The Balaban J connectivity index is 1.91. The van der Waals surface area contributed by atoms with Gasteiger partial charge < -0.3 is 10.1 Å². The lowest BCUT2D eigenvalue weighted by Crippen LogP contribution is -2.45. The van der Waals surface area contributed by atoms with Crippen molar-refractivity contribution >= 4 is 38.9 Å². The monoisotopic (exact) mass is 517 g/mol. The molecule has 0 heterocycles. The molecule has 0 saturated carbocycles. The molecule has 3 rings (SSSR count). The van der Waals surface area contributed by atoms with Crippen molar-refractivity contribution in [3.05, 3.63) is 93.0 Å². The number of anilines is 1. The maximum absolute atomic E-state index is 13.2. The summed E-state index contributed by atoms with van der Waals surface area (Å²) in [4.78, 5) is 23.6. The standard InChI is InChI=1S/C24H24ClN3O6S/c1-3-34-23-12-11-19(15-20(23)25)35(32,33)27-22(13-17-7-5-4-6-8-17)24(29)26-21-14-18(28(30)31)10-9-16(21)2/h4-12,14-15,22,27H,3,13H2,1-2H3,(H,26,29). The molecule has 0 aliphatic heterocycles. The van der Waals surface area contributed by atoms with Crippen LogP contribution < -0.4 is 14.8 Å². The highest BCUT2D eigenvalue weighted by Crippen LogP contribution is 2.28. The van der Waals surface area contributed by atoms with Crippen molar-refractivity contribution in [2.75, 3.05) is 11.9 Å². The smallest absolute Gasteiger partial charge is 0.271 e. The predicted molar refractivity (Wildman–Crippen MR) is 133 cm³/mol. The quantitative estimate of drug-likeness (QED) is 0.301. The van der Waals surface area contributed by atoms with Gasteiger partial charge >= 0.3 is 0 Å². The second kappa shape index (κ2) is 11.3. The maximum atomic E-state index is 13.2. The third-order valence-electron chi connectivity index (χ3n) is 5.10. The largest absolute Gasteiger partial charge is 0.492 e. The summed E-state index contributed by atoms with van der Waals surface area (Å²) in [6, 6.07) is 15.7. The topological polar surface area (TPSA) is 128 Å². The number of sulfonamides is 1. The molecule has 0 bridgehead atoms. The molecular weight excluding hydrogens is 494 g/mol. The zero-order chi connectivity index (χ0) is 25.6. The van der Waals surface area contributed by atoms with E-state index in [0.717, 1.165) is 5.56 Å². The lowest BCUT2D eigenvalue weighted by Gasteiger charge is -2.20. The zero-order valence-electron chi connectivity index (χ0n) is 19.0. The van der Waals surface area contributed by atoms with E-state index in [-0.39, 0.29) is 27.7 Å². The summed E-state index contributed by atoms with van der Waals surface area (Å²) in [7, 11) is -4.16. The molecule has 3 aromatic rings. The van der Waals surface area contributed by atoms with Crippen molar-refractivity contribution in [3.8, 4) is 5.75 Å². The van der Waals surface area contributed by atoms with E-state index in [1.54, 1.807) is 44.2 Å². The van der Waals surface area contributed by atoms with Gasteiger partial charge in [0.1, 0.15) is 11.8 Å². The third-order valence-corrected chi connectivity index (χ3v) is 6.86. The van der Waals surface area contributed by atoms with Gasteiger partial charge in [-0.2, -0.15) is 4.72 Å². The van der Waals surface area contributed by atoms with Gasteiger partial charge in [-0.05, 0) is 49.6 Å². The van der Waals surface area contributed by atoms with Crippen molar-refractivity contribution in [2.24, 2.45) is 0 Å². The first-order valence-electron chi connectivity index (χ1n) is 10.6. The van der Waals surface area contributed by atoms with Gasteiger partial charge in [-0.15, -0.1) is 0 Å². The molecule has 0 aliphatic rings. The Hall–Kier alpha value is -3.47. The van der Waals surface area contributed by atoms with Crippen molar-refractivity contribution in [1.82, 2.24) is 4.72 Å². The van der Waals surface area contributed by atoms with E-state index in [9.17, 15) is 23.3 Å². The molecule has 1 unspecified atom stereocenters. The molecule has 11 heteroatoms. The van der Waals surface area contributed by atoms with E-state index >= 15 is 0 Å². The number of halogens is 1. The van der Waals surface area contributed by atoms with Crippen LogP contribution in [0.25, 0.3) is 0 Å². The van der Waals surface area contributed by atoms with Crippen molar-refractivity contribution in [3.63, 3.8) is 0 Å². The Bertz CT molecular complexity index is 1330. The van der Waals surface area contributed by atoms with E-state index < -0.39 is 26.9 Å². The number of nitro benzene ring substituents is 1. The second-order valence-corrected chi connectivity index (χ2v) is 9.76. The van der Waals surface area contributed by atoms with E-state index in [4.69, 9.17) is 16.3 Å². The number of aryl methyl sites for hydroxylation is 1. The molecular formula is C24H24ClN3O6S. The molecule has 1 atom stereocenters. The van der Waals surface area contributed by atoms with E-state index in [2.05, 4.69) is 10.0 Å². The summed E-state index contributed by atoms with van der Waals surface area (Å²) in [6.45, 7) is 3.82. The molecule has 1 amide bonds. The first-order chi connectivity index (χ1) is 16.6. The van der Waals surface area contributed by atoms with Gasteiger partial charge in [0.2, 0.25) is 15.9 Å². The summed E-state index contributed by atoms with van der Waals surface area (Å²) >= 11 is 6.16. The zero-order valence-corrected chi connectivity index (χ0v) is 20.6. The van der Waals surface area contributed by atoms with Crippen LogP contribution in [-0.2, 0) is 21.2 Å². The molecule has 0 fully saturated rings. The Morgan fingerprint density at radius 1 is 1.11 bits per heavy atom. The van der Waals surface area contributed by atoms with E-state index in [1.807, 2.05) is 0 Å². The van der Waals surface area contributed by atoms with Gasteiger partial charge in [0.25, 0.3) is 5.69 Å². The number of rotatable bonds is 10. The molecule has 0 aromatic heterocycles. The summed E-state index contributed by atoms with van der Waals surface area (Å²) in [5.41, 5.74) is 1.32. The number of benzene rings is 3. The molecule has 0 radical (unpaired) electrons. The van der Waals surface area contributed by atoms with Crippen LogP contribution >= 0.6 is 11.6 Å². The molecule has 2 N–H and O–H groups in total. The Morgan fingerprint density at radius 2 is 1.83 bits per heavy atom. The number of amides is 1. The number of ether oxygens (including phenoxy) is 1. The van der Waals surface area contributed by atoms with Gasteiger partial charge in [0.15, 0.2) is 0 Å². The van der Waals surface area contributed by atoms with E-state index in [1.165, 1.54) is 36.4 Å². The average molecular weight is 518 g/mol. The predicted octanol–water partition coefficient (Wildman–Crippen LogP) is 4.48. The van der Waals surface area contributed by atoms with Crippen LogP contribution in [0.2, 0.25) is 5.02 Å². The summed E-state index contributed by atoms with van der Waals surface area (Å²) < 4.78 is 34.1. The molecule has 0 saturated heterocycles. The van der Waals surface area contributed by atoms with Crippen molar-refractivity contribution < 1.29 is 22.9 Å². The summed E-state index contributed by atoms with van der Waals surface area (Å²) in [5.74, 6) is -0.328. The fraction of sp³-hybridized carbons (Fsp3) is 0.208. The first kappa shape index (κ1) is 26.1.